The van der Waals surface area contributed by atoms with E-state index in [2.05, 4.69) is 38.7 Å². The monoisotopic (exact) mass is 1150 g/mol. The Morgan fingerprint density at radius 3 is 0.902 bits per heavy atom. The van der Waals surface area contributed by atoms with E-state index in [9.17, 15) is 77.9 Å². The first kappa shape index (κ1) is 56.6. The van der Waals surface area contributed by atoms with Gasteiger partial charge in [-0.2, -0.15) is 26.3 Å². The normalized spacial score (nSPS) is 15.7. The summed E-state index contributed by atoms with van der Waals surface area (Å²) >= 11 is 0. The number of carbonyl (C=O) groups is 9. The van der Waals surface area contributed by atoms with Gasteiger partial charge in [0, 0.05) is 22.1 Å². The van der Waals surface area contributed by atoms with Crippen molar-refractivity contribution in [2.75, 3.05) is 0 Å². The fraction of sp³-hybridized carbons (Fsp3) is 0.121. The second-order valence-electron chi connectivity index (χ2n) is 18.8. The van der Waals surface area contributed by atoms with Crippen LogP contribution in [0, 0.1) is 0 Å². The van der Waals surface area contributed by atoms with Crippen molar-refractivity contribution in [3.63, 3.8) is 0 Å². The lowest BCUT2D eigenvalue weighted by atomic mass is 9.71. The third-order valence-corrected chi connectivity index (χ3v) is 15.7. The smallest absolute Gasteiger partial charge is 0.411 e. The molecule has 17 nitrogen and oxygen atoms in total. The number of alkyl halides is 6. The summed E-state index contributed by atoms with van der Waals surface area (Å²) in [4.78, 5) is 105. The molecule has 0 fully saturated rings. The Morgan fingerprint density at radius 1 is 0.329 bits per heavy atom. The van der Waals surface area contributed by atoms with Crippen LogP contribution in [0.4, 0.5) is 26.3 Å². The molecule has 6 heterocycles. The molecular formula is C58H34F6O17S. The summed E-state index contributed by atoms with van der Waals surface area (Å²) in [5.41, 5.74) is -5.72. The summed E-state index contributed by atoms with van der Waals surface area (Å²) in [5.74, 6) is -7.47. The van der Waals surface area contributed by atoms with E-state index >= 15 is 0 Å². The number of esters is 9. The largest absolute Gasteiger partial charge is 0.423 e. The van der Waals surface area contributed by atoms with E-state index in [1.165, 1.54) is 30.3 Å². The Hall–Kier alpha value is -10.1. The second-order valence-corrected chi connectivity index (χ2v) is 20.7. The molecule has 6 aliphatic heterocycles. The average Bonchev–Trinajstić information content (AvgIpc) is 1.26. The number of carbonyl (C=O) groups excluding carboxylic acids is 9. The predicted molar refractivity (Wildman–Crippen MR) is 268 cm³/mol. The van der Waals surface area contributed by atoms with Gasteiger partial charge in [-0.15, -0.1) is 0 Å². The Morgan fingerprint density at radius 2 is 0.561 bits per heavy atom. The van der Waals surface area contributed by atoms with Gasteiger partial charge >= 0.3 is 66.1 Å². The molecular weight excluding hydrogens is 1110 g/mol. The Bertz CT molecular complexity index is 3910. The zero-order valence-electron chi connectivity index (χ0n) is 41.1. The number of ether oxygens (including phenoxy) is 6. The van der Waals surface area contributed by atoms with Crippen molar-refractivity contribution in [2.45, 2.75) is 54.2 Å². The van der Waals surface area contributed by atoms with Crippen LogP contribution < -0.4 is 0 Å². The van der Waals surface area contributed by atoms with Crippen molar-refractivity contribution >= 4 is 80.8 Å². The van der Waals surface area contributed by atoms with Gasteiger partial charge in [-0.25, -0.2) is 51.6 Å². The molecule has 24 heteroatoms. The third kappa shape index (κ3) is 8.83. The van der Waals surface area contributed by atoms with Crippen molar-refractivity contribution < 1.29 is 106 Å². The lowest BCUT2D eigenvalue weighted by molar-refractivity contribution is -0.288. The first-order chi connectivity index (χ1) is 37.9. The quantitative estimate of drug-likeness (QED) is 0.0651. The van der Waals surface area contributed by atoms with Crippen molar-refractivity contribution in [1.82, 2.24) is 0 Å². The van der Waals surface area contributed by atoms with Gasteiger partial charge in [-0.05, 0) is 95.1 Å². The molecule has 0 atom stereocenters. The van der Waals surface area contributed by atoms with Gasteiger partial charge < -0.3 is 28.4 Å². The molecule has 6 aromatic rings. The van der Waals surface area contributed by atoms with Crippen molar-refractivity contribution in [3.05, 3.63) is 218 Å². The molecule has 0 saturated carbocycles. The number of halogens is 6. The molecule has 6 aromatic carbocycles. The minimum atomic E-state index is -5.96. The maximum atomic E-state index is 14.3. The number of cyclic esters (lactones) is 9. The van der Waals surface area contributed by atoms with Crippen molar-refractivity contribution in [2.24, 2.45) is 0 Å². The summed E-state index contributed by atoms with van der Waals surface area (Å²) in [7, 11) is -4.02. The first-order valence-corrected chi connectivity index (χ1v) is 24.6. The highest BCUT2D eigenvalue weighted by Crippen LogP contribution is 2.57. The van der Waals surface area contributed by atoms with Crippen LogP contribution in [-0.2, 0) is 49.1 Å². The molecule has 12 rings (SSSR count). The van der Waals surface area contributed by atoms with Crippen molar-refractivity contribution in [1.29, 1.82) is 0 Å². The van der Waals surface area contributed by atoms with E-state index in [1.54, 1.807) is 24.3 Å². The standard InChI is InChI=1S/C20H8F6O5.C20H14O5.C17H8O7S.CH4/c1-8-11-4-2-9(6-13(11)16(28)30-8)18(19(21,22)23,20(24,25)26)10-3-5-12-14(7-10)17(29)31-15(12)27;1-10-13-6-4-11(8-15(13)18(22)24-10)20(2,3)12-5-7-14-16(9-12)19(23)25-17(14)21;1-8-11-4-2-9(6-13(11)16(19)23-8)25(21,22)10-3-5-12-14(7-10)17(20)24-15(12)18;/h2-7H,1H2;4-9H,1H2,2-3H3;2-7H,1H2;1H4. The summed E-state index contributed by atoms with van der Waals surface area (Å²) < 4.78 is 139. The highest BCUT2D eigenvalue weighted by Gasteiger charge is 2.73. The molecule has 0 unspecified atom stereocenters. The number of fused-ring (bicyclic) bond motifs is 6. The van der Waals surface area contributed by atoms with Crippen LogP contribution in [0.25, 0.3) is 17.3 Å². The first-order valence-electron chi connectivity index (χ1n) is 23.2. The molecule has 6 aliphatic rings. The molecule has 0 bridgehead atoms. The fourth-order valence-corrected chi connectivity index (χ4v) is 10.9. The van der Waals surface area contributed by atoms with Crippen LogP contribution in [0.5, 0.6) is 0 Å². The number of hydrogen-bond donors (Lipinski definition) is 0. The summed E-state index contributed by atoms with van der Waals surface area (Å²) in [6.45, 7) is 14.6. The van der Waals surface area contributed by atoms with Crippen LogP contribution >= 0.6 is 0 Å². The third-order valence-electron chi connectivity index (χ3n) is 13.9. The number of rotatable bonds is 6. The molecule has 416 valence electrons. The Balaban J connectivity index is 0.000000148. The Labute approximate surface area is 457 Å². The predicted octanol–water partition coefficient (Wildman–Crippen LogP) is 10.6. The second kappa shape index (κ2) is 19.3. The molecule has 0 amide bonds. The molecule has 0 spiro atoms. The van der Waals surface area contributed by atoms with Crippen LogP contribution in [0.1, 0.15) is 153 Å². The summed E-state index contributed by atoms with van der Waals surface area (Å²) in [6, 6.07) is 21.3. The number of benzene rings is 6. The minimum Gasteiger partial charge on any atom is -0.423 e. The van der Waals surface area contributed by atoms with Gasteiger partial charge in [-0.3, -0.25) is 0 Å². The molecule has 0 N–H and O–H groups in total. The summed E-state index contributed by atoms with van der Waals surface area (Å²) in [5, 5.41) is 0. The highest BCUT2D eigenvalue weighted by atomic mass is 32.2. The Kier molecular flexibility index (Phi) is 13.3. The van der Waals surface area contributed by atoms with Gasteiger partial charge in [-0.1, -0.05) is 77.4 Å². The average molecular weight is 1150 g/mol. The lowest BCUT2D eigenvalue weighted by Gasteiger charge is -2.38. The lowest BCUT2D eigenvalue weighted by Crippen LogP contribution is -2.55. The zero-order chi connectivity index (χ0) is 58.8. The summed E-state index contributed by atoms with van der Waals surface area (Å²) in [6.07, 6.45) is -11.9. The van der Waals surface area contributed by atoms with Crippen LogP contribution in [0.2, 0.25) is 0 Å². The van der Waals surface area contributed by atoms with E-state index in [0.29, 0.717) is 52.8 Å². The van der Waals surface area contributed by atoms with Crippen LogP contribution in [-0.4, -0.2) is 74.5 Å². The van der Waals surface area contributed by atoms with E-state index < -0.39 is 115 Å². The van der Waals surface area contributed by atoms with Crippen LogP contribution in [0.15, 0.2) is 139 Å². The zero-order valence-corrected chi connectivity index (χ0v) is 41.9. The molecule has 0 aromatic heterocycles. The van der Waals surface area contributed by atoms with Gasteiger partial charge in [0.15, 0.2) is 0 Å². The van der Waals surface area contributed by atoms with Gasteiger partial charge in [0.2, 0.25) is 15.3 Å². The van der Waals surface area contributed by atoms with Gasteiger partial charge in [0.05, 0.1) is 59.9 Å². The molecule has 0 saturated heterocycles. The number of hydrogen-bond acceptors (Lipinski definition) is 17. The van der Waals surface area contributed by atoms with E-state index in [0.717, 1.165) is 23.3 Å². The molecule has 0 aliphatic carbocycles. The molecule has 0 radical (unpaired) electrons. The number of sulfone groups is 1. The van der Waals surface area contributed by atoms with Gasteiger partial charge in [0.1, 0.15) is 17.3 Å². The van der Waals surface area contributed by atoms with E-state index in [-0.39, 0.29) is 62.1 Å². The minimum absolute atomic E-state index is 0. The van der Waals surface area contributed by atoms with E-state index in [4.69, 9.17) is 9.47 Å². The topological polar surface area (TPSA) is 243 Å². The maximum absolute atomic E-state index is 14.3. The van der Waals surface area contributed by atoms with Gasteiger partial charge in [0.25, 0.3) is 0 Å². The van der Waals surface area contributed by atoms with Crippen LogP contribution in [0.3, 0.4) is 0 Å². The SMILES string of the molecule is C.C=C1OC(=O)c2cc(C(C)(C)c3ccc4c(c3)C(=O)OC4=O)ccc21.C=C1OC(=O)c2cc(C(c3ccc4c(c3)C(=O)OC4=O)(C(F)(F)F)C(F)(F)F)ccc21.C=C1OC(=O)c2cc(S(=O)(=O)c3ccc4c(c3)C(=O)OC4=O)ccc21. The molecule has 82 heavy (non-hydrogen) atoms. The van der Waals surface area contributed by atoms with Crippen molar-refractivity contribution in [3.8, 4) is 0 Å². The fourth-order valence-electron chi connectivity index (χ4n) is 9.61. The maximum Gasteiger partial charge on any atom is 0.411 e. The van der Waals surface area contributed by atoms with E-state index in [1.807, 2.05) is 26.0 Å². The highest BCUT2D eigenvalue weighted by molar-refractivity contribution is 7.91.